The van der Waals surface area contributed by atoms with E-state index in [4.69, 9.17) is 4.42 Å². The quantitative estimate of drug-likeness (QED) is 0.717. The standard InChI is InChI=1S/C23H31N3O3/c1-17-12-18(2)15-26(14-17)16-20-7-4-3-6-19(20)13-25-22(27)9-10-24-23(28)21-8-5-11-29-21/h3-8,11,17-18H,9-10,12-16H2,1-2H3,(H,24,28)(H,25,27). The lowest BCUT2D eigenvalue weighted by molar-refractivity contribution is -0.121. The number of carbonyl (C=O) groups excluding carboxylic acids is 2. The highest BCUT2D eigenvalue weighted by atomic mass is 16.3. The van der Waals surface area contributed by atoms with Gasteiger partial charge in [0.15, 0.2) is 5.76 Å². The maximum Gasteiger partial charge on any atom is 0.286 e. The van der Waals surface area contributed by atoms with E-state index in [1.165, 1.54) is 18.2 Å². The van der Waals surface area contributed by atoms with Crippen molar-refractivity contribution in [3.63, 3.8) is 0 Å². The van der Waals surface area contributed by atoms with E-state index in [9.17, 15) is 9.59 Å². The summed E-state index contributed by atoms with van der Waals surface area (Å²) >= 11 is 0. The van der Waals surface area contributed by atoms with Gasteiger partial charge in [0.1, 0.15) is 0 Å². The Morgan fingerprint density at radius 2 is 1.76 bits per heavy atom. The third-order valence-corrected chi connectivity index (χ3v) is 5.32. The molecule has 1 aromatic heterocycles. The largest absolute Gasteiger partial charge is 0.459 e. The van der Waals surface area contributed by atoms with Crippen LogP contribution in [0.1, 0.15) is 48.4 Å². The molecule has 2 aromatic rings. The second kappa shape index (κ2) is 10.3. The minimum Gasteiger partial charge on any atom is -0.459 e. The summed E-state index contributed by atoms with van der Waals surface area (Å²) in [4.78, 5) is 26.5. The van der Waals surface area contributed by atoms with Crippen molar-refractivity contribution in [3.8, 4) is 0 Å². The first-order valence-electron chi connectivity index (χ1n) is 10.4. The molecule has 0 spiro atoms. The molecule has 0 saturated carbocycles. The molecule has 6 nitrogen and oxygen atoms in total. The van der Waals surface area contributed by atoms with Crippen molar-refractivity contribution in [2.45, 2.75) is 39.8 Å². The fourth-order valence-electron chi connectivity index (χ4n) is 4.11. The highest BCUT2D eigenvalue weighted by molar-refractivity contribution is 5.91. The Morgan fingerprint density at radius 1 is 1.03 bits per heavy atom. The lowest BCUT2D eigenvalue weighted by Crippen LogP contribution is -2.38. The van der Waals surface area contributed by atoms with Gasteiger partial charge in [0.2, 0.25) is 5.91 Å². The molecule has 2 N–H and O–H groups in total. The molecule has 1 fully saturated rings. The number of piperidine rings is 1. The minimum absolute atomic E-state index is 0.0836. The van der Waals surface area contributed by atoms with Crippen molar-refractivity contribution in [1.82, 2.24) is 15.5 Å². The molecule has 29 heavy (non-hydrogen) atoms. The first-order valence-corrected chi connectivity index (χ1v) is 10.4. The molecule has 0 aliphatic carbocycles. The maximum atomic E-state index is 12.2. The number of likely N-dealkylation sites (tertiary alicyclic amines) is 1. The molecule has 1 aliphatic heterocycles. The van der Waals surface area contributed by atoms with Crippen LogP contribution in [0.5, 0.6) is 0 Å². The van der Waals surface area contributed by atoms with E-state index in [-0.39, 0.29) is 30.5 Å². The molecule has 3 rings (SSSR count). The highest BCUT2D eigenvalue weighted by Gasteiger charge is 2.22. The van der Waals surface area contributed by atoms with Crippen LogP contribution in [0.4, 0.5) is 0 Å². The summed E-state index contributed by atoms with van der Waals surface area (Å²) in [5.41, 5.74) is 2.41. The summed E-state index contributed by atoms with van der Waals surface area (Å²) in [7, 11) is 0. The van der Waals surface area contributed by atoms with Gasteiger partial charge in [-0.05, 0) is 41.5 Å². The Kier molecular flexibility index (Phi) is 7.47. The van der Waals surface area contributed by atoms with Crippen molar-refractivity contribution in [3.05, 3.63) is 59.5 Å². The normalized spacial score (nSPS) is 19.7. The number of furan rings is 1. The number of nitrogens with zero attached hydrogens (tertiary/aromatic N) is 1. The monoisotopic (exact) mass is 397 g/mol. The number of amides is 2. The fourth-order valence-corrected chi connectivity index (χ4v) is 4.11. The number of hydrogen-bond donors (Lipinski definition) is 2. The molecular weight excluding hydrogens is 366 g/mol. The maximum absolute atomic E-state index is 12.2. The topological polar surface area (TPSA) is 74.6 Å². The third kappa shape index (κ3) is 6.46. The molecule has 1 aliphatic rings. The molecule has 0 radical (unpaired) electrons. The molecule has 0 bridgehead atoms. The predicted molar refractivity (Wildman–Crippen MR) is 112 cm³/mol. The van der Waals surface area contributed by atoms with Gasteiger partial charge in [0, 0.05) is 39.1 Å². The van der Waals surface area contributed by atoms with E-state index in [1.807, 2.05) is 6.07 Å². The zero-order valence-corrected chi connectivity index (χ0v) is 17.3. The molecule has 2 unspecified atom stereocenters. The summed E-state index contributed by atoms with van der Waals surface area (Å²) in [6, 6.07) is 11.5. The van der Waals surface area contributed by atoms with Crippen LogP contribution < -0.4 is 10.6 Å². The number of hydrogen-bond acceptors (Lipinski definition) is 4. The van der Waals surface area contributed by atoms with Crippen LogP contribution in [0, 0.1) is 11.8 Å². The smallest absolute Gasteiger partial charge is 0.286 e. The van der Waals surface area contributed by atoms with Gasteiger partial charge in [-0.15, -0.1) is 0 Å². The van der Waals surface area contributed by atoms with Gasteiger partial charge in [0.05, 0.1) is 6.26 Å². The lowest BCUT2D eigenvalue weighted by Gasteiger charge is -2.35. The van der Waals surface area contributed by atoms with Gasteiger partial charge >= 0.3 is 0 Å². The van der Waals surface area contributed by atoms with Gasteiger partial charge in [-0.3, -0.25) is 14.5 Å². The molecule has 1 saturated heterocycles. The summed E-state index contributed by atoms with van der Waals surface area (Å²) < 4.78 is 5.03. The molecule has 2 heterocycles. The lowest BCUT2D eigenvalue weighted by atomic mass is 9.91. The second-order valence-corrected chi connectivity index (χ2v) is 8.17. The van der Waals surface area contributed by atoms with Crippen molar-refractivity contribution >= 4 is 11.8 Å². The Balaban J connectivity index is 1.45. The Morgan fingerprint density at radius 3 is 2.45 bits per heavy atom. The van der Waals surface area contributed by atoms with Crippen LogP contribution in [0.2, 0.25) is 0 Å². The van der Waals surface area contributed by atoms with Crippen molar-refractivity contribution in [2.75, 3.05) is 19.6 Å². The predicted octanol–water partition coefficient (Wildman–Crippen LogP) is 3.19. The van der Waals surface area contributed by atoms with Crippen LogP contribution in [0.3, 0.4) is 0 Å². The molecule has 156 valence electrons. The van der Waals surface area contributed by atoms with Gasteiger partial charge in [-0.1, -0.05) is 38.1 Å². The van der Waals surface area contributed by atoms with Gasteiger partial charge in [-0.25, -0.2) is 0 Å². The SMILES string of the molecule is CC1CC(C)CN(Cc2ccccc2CNC(=O)CCNC(=O)c2ccco2)C1. The summed E-state index contributed by atoms with van der Waals surface area (Å²) in [6.07, 6.45) is 2.98. The van der Waals surface area contributed by atoms with E-state index < -0.39 is 0 Å². The van der Waals surface area contributed by atoms with Gasteiger partial charge in [0.25, 0.3) is 5.91 Å². The average Bonchev–Trinajstić information content (AvgIpc) is 3.21. The molecule has 2 atom stereocenters. The average molecular weight is 398 g/mol. The first kappa shape index (κ1) is 21.1. The fraction of sp³-hybridized carbons (Fsp3) is 0.478. The third-order valence-electron chi connectivity index (χ3n) is 5.32. The summed E-state index contributed by atoms with van der Waals surface area (Å²) in [5.74, 6) is 1.31. The summed E-state index contributed by atoms with van der Waals surface area (Å²) in [6.45, 7) is 8.58. The van der Waals surface area contributed by atoms with Gasteiger partial charge < -0.3 is 15.1 Å². The van der Waals surface area contributed by atoms with E-state index in [1.54, 1.807) is 12.1 Å². The van der Waals surface area contributed by atoms with Crippen LogP contribution >= 0.6 is 0 Å². The van der Waals surface area contributed by atoms with Crippen LogP contribution in [0.25, 0.3) is 0 Å². The van der Waals surface area contributed by atoms with Crippen molar-refractivity contribution in [1.29, 1.82) is 0 Å². The zero-order valence-electron chi connectivity index (χ0n) is 17.3. The van der Waals surface area contributed by atoms with Crippen LogP contribution in [0.15, 0.2) is 47.1 Å². The first-order chi connectivity index (χ1) is 14.0. The van der Waals surface area contributed by atoms with Crippen LogP contribution in [-0.4, -0.2) is 36.3 Å². The molecule has 1 aromatic carbocycles. The Bertz CT molecular complexity index is 793. The van der Waals surface area contributed by atoms with E-state index in [0.29, 0.717) is 6.54 Å². The Hall–Kier alpha value is -2.60. The number of rotatable bonds is 8. The van der Waals surface area contributed by atoms with E-state index in [0.717, 1.165) is 37.0 Å². The number of nitrogens with one attached hydrogen (secondary N) is 2. The molecular formula is C23H31N3O3. The van der Waals surface area contributed by atoms with Crippen LogP contribution in [-0.2, 0) is 17.9 Å². The zero-order chi connectivity index (χ0) is 20.6. The highest BCUT2D eigenvalue weighted by Crippen LogP contribution is 2.23. The van der Waals surface area contributed by atoms with E-state index in [2.05, 4.69) is 47.6 Å². The summed E-state index contributed by atoms with van der Waals surface area (Å²) in [5, 5.41) is 5.66. The molecule has 6 heteroatoms. The Labute approximate surface area is 172 Å². The second-order valence-electron chi connectivity index (χ2n) is 8.17. The molecule has 2 amide bonds. The van der Waals surface area contributed by atoms with E-state index >= 15 is 0 Å². The number of carbonyl (C=O) groups is 2. The number of benzene rings is 1. The van der Waals surface area contributed by atoms with Crippen molar-refractivity contribution in [2.24, 2.45) is 11.8 Å². The van der Waals surface area contributed by atoms with Crippen molar-refractivity contribution < 1.29 is 14.0 Å². The van der Waals surface area contributed by atoms with Gasteiger partial charge in [-0.2, -0.15) is 0 Å². The minimum atomic E-state index is -0.307.